The van der Waals surface area contributed by atoms with Crippen LogP contribution in [-0.2, 0) is 36.0 Å². The highest BCUT2D eigenvalue weighted by Gasteiger charge is 2.31. The van der Waals surface area contributed by atoms with Crippen LogP contribution in [0.2, 0.25) is 0 Å². The number of amides is 5. The molecule has 0 radical (unpaired) electrons. The van der Waals surface area contributed by atoms with Crippen molar-refractivity contribution in [2.75, 3.05) is 13.2 Å². The summed E-state index contributed by atoms with van der Waals surface area (Å²) in [5.74, 6) is -1.55. The third-order valence-electron chi connectivity index (χ3n) is 7.80. The van der Waals surface area contributed by atoms with Crippen molar-refractivity contribution < 1.29 is 28.7 Å². The van der Waals surface area contributed by atoms with Crippen LogP contribution in [0.3, 0.4) is 0 Å². The van der Waals surface area contributed by atoms with Crippen LogP contribution < -0.4 is 32.3 Å². The molecule has 1 heterocycles. The molecule has 0 aliphatic rings. The van der Waals surface area contributed by atoms with Crippen LogP contribution in [0.15, 0.2) is 6.20 Å². The minimum absolute atomic E-state index is 0.0626. The fraction of sp³-hybridized carbons (Fsp3) is 0.794. The number of nitrogens with zero attached hydrogens (tertiary/aromatic N) is 3. The van der Waals surface area contributed by atoms with Gasteiger partial charge < -0.3 is 37.1 Å². The normalized spacial score (nSPS) is 13.9. The molecule has 49 heavy (non-hydrogen) atoms. The van der Waals surface area contributed by atoms with Crippen molar-refractivity contribution in [3.8, 4) is 0 Å². The summed E-state index contributed by atoms with van der Waals surface area (Å²) in [4.78, 5) is 63.5. The Morgan fingerprint density at radius 3 is 2.16 bits per heavy atom. The number of urea groups is 1. The van der Waals surface area contributed by atoms with E-state index in [2.05, 4.69) is 36.9 Å². The van der Waals surface area contributed by atoms with Crippen LogP contribution >= 0.6 is 0 Å². The molecule has 0 spiro atoms. The fourth-order valence-corrected chi connectivity index (χ4v) is 4.94. The van der Waals surface area contributed by atoms with Gasteiger partial charge in [-0.05, 0) is 72.6 Å². The second-order valence-corrected chi connectivity index (χ2v) is 14.8. The third kappa shape index (κ3) is 17.6. The lowest BCUT2D eigenvalue weighted by molar-refractivity contribution is -0.133. The molecule has 1 rings (SSSR count). The summed E-state index contributed by atoms with van der Waals surface area (Å²) in [5, 5.41) is 22.7. The van der Waals surface area contributed by atoms with Crippen LogP contribution in [0.4, 0.5) is 4.79 Å². The van der Waals surface area contributed by atoms with E-state index in [0.717, 1.165) is 6.42 Å². The minimum Gasteiger partial charge on any atom is -0.376 e. The van der Waals surface area contributed by atoms with Crippen LogP contribution in [0, 0.1) is 5.92 Å². The molecule has 3 atom stereocenters. The molecule has 1 aromatic heterocycles. The molecule has 1 aromatic rings. The molecule has 7 N–H and O–H groups in total. The molecule has 15 nitrogen and oxygen atoms in total. The molecule has 280 valence electrons. The lowest BCUT2D eigenvalue weighted by Crippen LogP contribution is -2.57. The van der Waals surface area contributed by atoms with Gasteiger partial charge in [0.2, 0.25) is 17.7 Å². The molecule has 0 saturated heterocycles. The molecule has 0 aliphatic heterocycles. The molecule has 0 fully saturated rings. The summed E-state index contributed by atoms with van der Waals surface area (Å²) in [5.41, 5.74) is 5.17. The first-order valence-corrected chi connectivity index (χ1v) is 17.5. The highest BCUT2D eigenvalue weighted by atomic mass is 16.5. The smallest absolute Gasteiger partial charge is 0.312 e. The molecular formula is C34H63N9O6. The molecule has 3 unspecified atom stereocenters. The molecule has 5 amide bonds. The zero-order valence-corrected chi connectivity index (χ0v) is 31.4. The van der Waals surface area contributed by atoms with Gasteiger partial charge in [-0.2, -0.15) is 0 Å². The molecule has 0 aromatic carbocycles. The van der Waals surface area contributed by atoms with E-state index in [0.29, 0.717) is 38.0 Å². The predicted molar refractivity (Wildman–Crippen MR) is 188 cm³/mol. The second kappa shape index (κ2) is 20.8. The summed E-state index contributed by atoms with van der Waals surface area (Å²) >= 11 is 0. The van der Waals surface area contributed by atoms with Crippen molar-refractivity contribution in [1.29, 1.82) is 0 Å². The number of hydrogen-bond donors (Lipinski definition) is 6. The number of carbonyl (C=O) groups is 5. The lowest BCUT2D eigenvalue weighted by atomic mass is 9.99. The van der Waals surface area contributed by atoms with E-state index in [4.69, 9.17) is 10.5 Å². The molecule has 15 heteroatoms. The number of rotatable bonds is 23. The topological polar surface area (TPSA) is 211 Å². The first kappa shape index (κ1) is 43.4. The Bertz CT molecular complexity index is 1210. The van der Waals surface area contributed by atoms with Gasteiger partial charge >= 0.3 is 6.03 Å². The zero-order chi connectivity index (χ0) is 37.4. The first-order chi connectivity index (χ1) is 22.7. The van der Waals surface area contributed by atoms with Crippen LogP contribution in [0.1, 0.15) is 120 Å². The Kier molecular flexibility index (Phi) is 18.4. The quantitative estimate of drug-likeness (QED) is 0.0928. The number of nitrogens with one attached hydrogen (secondary N) is 5. The predicted octanol–water partition coefficient (Wildman–Crippen LogP) is 2.42. The number of Topliss-reactive ketones (excluding diaryl/α,β-unsaturated/α-hetero) is 1. The Morgan fingerprint density at radius 2 is 1.59 bits per heavy atom. The fourth-order valence-electron chi connectivity index (χ4n) is 4.94. The van der Waals surface area contributed by atoms with Crippen molar-refractivity contribution in [2.45, 2.75) is 156 Å². The number of primary amides is 1. The standard InChI is InChI=1S/C34H63N9O6/c1-11-13-27(44)25(14-12-18-36-32(35)48)39-31(47)29(22(2)3)40-30(46)26(38-23(4)5)15-16-28(45)37-20-24-21-43(42-41-24)34(9,10)17-19-49-33(6,7)8/h21-23,25-26,29,38H,11-20H2,1-10H3,(H,37,45)(H,39,47)(H,40,46)(H3,35,36,48). The van der Waals surface area contributed by atoms with E-state index in [9.17, 15) is 24.0 Å². The van der Waals surface area contributed by atoms with Crippen LogP contribution in [0.5, 0.6) is 0 Å². The summed E-state index contributed by atoms with van der Waals surface area (Å²) in [6.07, 6.45) is 4.47. The average molecular weight is 694 g/mol. The van der Waals surface area contributed by atoms with Crippen molar-refractivity contribution in [3.05, 3.63) is 11.9 Å². The van der Waals surface area contributed by atoms with E-state index >= 15 is 0 Å². The van der Waals surface area contributed by atoms with Crippen molar-refractivity contribution in [1.82, 2.24) is 41.6 Å². The Hall–Kier alpha value is -3.59. The van der Waals surface area contributed by atoms with Gasteiger partial charge in [0.1, 0.15) is 11.7 Å². The van der Waals surface area contributed by atoms with E-state index < -0.39 is 36.0 Å². The largest absolute Gasteiger partial charge is 0.376 e. The van der Waals surface area contributed by atoms with Gasteiger partial charge in [-0.25, -0.2) is 9.48 Å². The van der Waals surface area contributed by atoms with Crippen molar-refractivity contribution in [3.63, 3.8) is 0 Å². The van der Waals surface area contributed by atoms with Gasteiger partial charge in [0.05, 0.1) is 36.0 Å². The Morgan fingerprint density at radius 1 is 0.918 bits per heavy atom. The summed E-state index contributed by atoms with van der Waals surface area (Å²) in [6.45, 7) is 20.4. The monoisotopic (exact) mass is 693 g/mol. The first-order valence-electron chi connectivity index (χ1n) is 17.5. The van der Waals surface area contributed by atoms with Crippen molar-refractivity contribution >= 4 is 29.5 Å². The maximum Gasteiger partial charge on any atom is 0.312 e. The number of carbonyl (C=O) groups excluding carboxylic acids is 5. The number of ether oxygens (including phenoxy) is 1. The third-order valence-corrected chi connectivity index (χ3v) is 7.80. The number of ketones is 1. The maximum absolute atomic E-state index is 13.5. The minimum atomic E-state index is -0.912. The Labute approximate surface area is 292 Å². The van der Waals surface area contributed by atoms with Gasteiger partial charge in [-0.1, -0.05) is 39.8 Å². The summed E-state index contributed by atoms with van der Waals surface area (Å²) in [7, 11) is 0. The van der Waals surface area contributed by atoms with Crippen molar-refractivity contribution in [2.24, 2.45) is 11.7 Å². The van der Waals surface area contributed by atoms with E-state index in [1.165, 1.54) is 0 Å². The van der Waals surface area contributed by atoms with E-state index in [1.807, 2.05) is 61.6 Å². The van der Waals surface area contributed by atoms with Gasteiger partial charge in [0.15, 0.2) is 5.78 Å². The summed E-state index contributed by atoms with van der Waals surface area (Å²) < 4.78 is 7.64. The van der Waals surface area contributed by atoms with Gasteiger partial charge in [-0.15, -0.1) is 5.10 Å². The number of hydrogen-bond acceptors (Lipinski definition) is 9. The maximum atomic E-state index is 13.5. The average Bonchev–Trinajstić information content (AvgIpc) is 3.47. The SMILES string of the molecule is CCCC(=O)C(CCCNC(N)=O)NC(=O)C(NC(=O)C(CCC(=O)NCc1cn(C(C)(C)CCOC(C)(C)C)nn1)NC(C)C)C(C)C. The molecule has 0 aliphatic carbocycles. The van der Waals surface area contributed by atoms with Crippen LogP contribution in [0.25, 0.3) is 0 Å². The van der Waals surface area contributed by atoms with Gasteiger partial charge in [0.25, 0.3) is 0 Å². The van der Waals surface area contributed by atoms with Gasteiger partial charge in [-0.3, -0.25) is 19.2 Å². The second-order valence-electron chi connectivity index (χ2n) is 14.8. The molecular weight excluding hydrogens is 630 g/mol. The van der Waals surface area contributed by atoms with E-state index in [1.54, 1.807) is 18.5 Å². The van der Waals surface area contributed by atoms with Crippen LogP contribution in [-0.4, -0.2) is 87.4 Å². The Balaban J connectivity index is 2.81. The van der Waals surface area contributed by atoms with E-state index in [-0.39, 0.29) is 60.7 Å². The highest BCUT2D eigenvalue weighted by molar-refractivity contribution is 5.94. The highest BCUT2D eigenvalue weighted by Crippen LogP contribution is 2.20. The lowest BCUT2D eigenvalue weighted by Gasteiger charge is -2.28. The number of aromatic nitrogens is 3. The number of nitrogens with two attached hydrogens (primary N) is 1. The molecule has 0 saturated carbocycles. The molecule has 0 bridgehead atoms. The zero-order valence-electron chi connectivity index (χ0n) is 31.4. The van der Waals surface area contributed by atoms with Gasteiger partial charge in [0, 0.05) is 32.0 Å². The summed E-state index contributed by atoms with van der Waals surface area (Å²) in [6, 6.07) is -3.14.